The Morgan fingerprint density at radius 2 is 1.73 bits per heavy atom. The first kappa shape index (κ1) is 60.8. The summed E-state index contributed by atoms with van der Waals surface area (Å²) in [7, 11) is -3.57. The van der Waals surface area contributed by atoms with Gasteiger partial charge in [-0.15, -0.1) is 0 Å². The number of carbonyl (C=O) groups excluding carboxylic acids is 9. The normalized spacial score (nSPS) is 20.0. The van der Waals surface area contributed by atoms with Crippen LogP contribution >= 0.6 is 0 Å². The fourth-order valence-electron chi connectivity index (χ4n) is 11.3. The van der Waals surface area contributed by atoms with Crippen LogP contribution in [0.5, 0.6) is 0 Å². The molecular formula is C59H71FN6O15S. The standard InChI is InChI=1S/C59H71FN6O15S/c1-8-59(76)43-25-47-53-42(28-65(47)27-41(43)56(73)81-57(59)74)52-45(18-17-39-34(5)44(60)26-46(63-53)51(39)52)62-49(69)30-79-31-64(20-21-82(7,77)78)58(75)80-29-37-15-13-36(14-16-37)23-48(68)35(6)61-54(71)40(32(2)3)24-38(67)12-10-9-11-19-66-50(70)22-33(4)55(66)72/h13-16,25-26,32-33,35,40,45,76H,8-12,17-24,27-31H2,1-7H3,(H,61,71)(H,62,69)/t33?,35-,40-,45-,59-/m0/s1. The van der Waals surface area contributed by atoms with Crippen LogP contribution < -0.4 is 10.6 Å². The van der Waals surface area contributed by atoms with Crippen LogP contribution in [0.25, 0.3) is 16.6 Å². The van der Waals surface area contributed by atoms with E-state index in [-0.39, 0.29) is 105 Å². The number of imide groups is 1. The Labute approximate surface area is 475 Å². The first-order chi connectivity index (χ1) is 38.8. The largest absolute Gasteiger partial charge is 0.444 e. The highest BCUT2D eigenvalue weighted by Gasteiger charge is 2.50. The molecule has 440 valence electrons. The lowest BCUT2D eigenvalue weighted by molar-refractivity contribution is -0.172. The molecule has 5 atom stereocenters. The van der Waals surface area contributed by atoms with E-state index in [2.05, 4.69) is 10.6 Å². The van der Waals surface area contributed by atoms with Crippen molar-refractivity contribution in [3.8, 4) is 0 Å². The summed E-state index contributed by atoms with van der Waals surface area (Å²) in [5.74, 6) is -5.63. The average Bonchev–Trinajstić information content (AvgIpc) is 1.85. The van der Waals surface area contributed by atoms with Crippen molar-refractivity contribution >= 4 is 79.7 Å². The van der Waals surface area contributed by atoms with Crippen molar-refractivity contribution < 1.29 is 75.3 Å². The van der Waals surface area contributed by atoms with Crippen LogP contribution in [0.1, 0.15) is 131 Å². The zero-order valence-electron chi connectivity index (χ0n) is 47.3. The van der Waals surface area contributed by atoms with Crippen molar-refractivity contribution in [2.24, 2.45) is 17.8 Å². The number of pyridine rings is 1. The molecular weight excluding hydrogens is 1080 g/mol. The molecule has 82 heavy (non-hydrogen) atoms. The van der Waals surface area contributed by atoms with Gasteiger partial charge in [-0.25, -0.2) is 32.2 Å². The van der Waals surface area contributed by atoms with Crippen LogP contribution in [-0.2, 0) is 88.4 Å². The third-order valence-corrected chi connectivity index (χ3v) is 17.1. The van der Waals surface area contributed by atoms with Crippen molar-refractivity contribution in [2.45, 2.75) is 137 Å². The number of sulfone groups is 1. The number of Topliss-reactive ketones (excluding diaryl/α,β-unsaturated/α-hetero) is 2. The highest BCUT2D eigenvalue weighted by atomic mass is 32.2. The van der Waals surface area contributed by atoms with E-state index in [0.29, 0.717) is 88.8 Å². The molecule has 1 aliphatic carbocycles. The summed E-state index contributed by atoms with van der Waals surface area (Å²) >= 11 is 0. The van der Waals surface area contributed by atoms with Gasteiger partial charge in [0.25, 0.3) is 0 Å². The Bertz CT molecular complexity index is 3300. The number of benzene rings is 2. The van der Waals surface area contributed by atoms with E-state index in [1.807, 2.05) is 18.7 Å². The molecule has 5 aliphatic rings. The monoisotopic (exact) mass is 1150 g/mol. The number of amides is 5. The highest BCUT2D eigenvalue weighted by Crippen LogP contribution is 2.48. The number of esters is 2. The maximum atomic E-state index is 15.5. The van der Waals surface area contributed by atoms with Gasteiger partial charge in [-0.05, 0) is 85.8 Å². The van der Waals surface area contributed by atoms with Gasteiger partial charge in [-0.3, -0.25) is 38.6 Å². The van der Waals surface area contributed by atoms with Gasteiger partial charge in [0.1, 0.15) is 41.4 Å². The number of likely N-dealkylation sites (tertiary alicyclic amines) is 1. The van der Waals surface area contributed by atoms with E-state index in [0.717, 1.165) is 16.7 Å². The predicted octanol–water partition coefficient (Wildman–Crippen LogP) is 4.94. The van der Waals surface area contributed by atoms with E-state index in [1.54, 1.807) is 58.0 Å². The van der Waals surface area contributed by atoms with Gasteiger partial charge >= 0.3 is 18.0 Å². The minimum absolute atomic E-state index is 0.00232. The second-order valence-electron chi connectivity index (χ2n) is 22.5. The molecule has 23 heteroatoms. The van der Waals surface area contributed by atoms with Crippen LogP contribution in [0.4, 0.5) is 9.18 Å². The summed E-state index contributed by atoms with van der Waals surface area (Å²) in [6, 6.07) is 6.49. The minimum Gasteiger partial charge on any atom is -0.444 e. The third kappa shape index (κ3) is 13.3. The smallest absolute Gasteiger partial charge is 0.411 e. The highest BCUT2D eigenvalue weighted by molar-refractivity contribution is 7.90. The van der Waals surface area contributed by atoms with Crippen molar-refractivity contribution in [3.63, 3.8) is 0 Å². The van der Waals surface area contributed by atoms with Crippen molar-refractivity contribution in [1.29, 1.82) is 0 Å². The predicted molar refractivity (Wildman–Crippen MR) is 294 cm³/mol. The molecule has 1 fully saturated rings. The number of ether oxygens (including phenoxy) is 3. The van der Waals surface area contributed by atoms with Gasteiger partial charge in [0, 0.05) is 86.0 Å². The van der Waals surface area contributed by atoms with Gasteiger partial charge < -0.3 is 34.9 Å². The van der Waals surface area contributed by atoms with Gasteiger partial charge in [-0.2, -0.15) is 0 Å². The molecule has 1 unspecified atom stereocenters. The van der Waals surface area contributed by atoms with Gasteiger partial charge in [0.15, 0.2) is 11.4 Å². The fraction of sp³-hybridized carbons (Fsp3) is 0.525. The Kier molecular flexibility index (Phi) is 18.6. The number of carbonyl (C=O) groups is 9. The molecule has 8 rings (SSSR count). The first-order valence-corrected chi connectivity index (χ1v) is 29.9. The lowest BCUT2D eigenvalue weighted by atomic mass is 9.81. The zero-order valence-corrected chi connectivity index (χ0v) is 48.1. The molecule has 2 aromatic carbocycles. The third-order valence-electron chi connectivity index (χ3n) is 16.2. The van der Waals surface area contributed by atoms with E-state index in [4.69, 9.17) is 19.2 Å². The molecule has 21 nitrogen and oxygen atoms in total. The number of ketones is 2. The topological polar surface area (TPSA) is 282 Å². The Hall–Kier alpha value is -7.24. The molecule has 0 bridgehead atoms. The molecule has 5 amide bonds. The van der Waals surface area contributed by atoms with Crippen LogP contribution in [0.2, 0.25) is 0 Å². The van der Waals surface area contributed by atoms with Crippen molar-refractivity contribution in [3.05, 3.63) is 92.4 Å². The number of aromatic nitrogens is 1. The lowest BCUT2D eigenvalue weighted by Crippen LogP contribution is -2.49. The SMILES string of the molecule is CC[C@@]1(O)C(=O)OC(=O)C2=C1C=C1c3nc4cc(F)c(C)c5c4c(c3CN1C2)[C@@H](NC(=O)COCN(CCS(C)(=O)=O)C(=O)OCc1ccc(CC(=O)[C@H](C)NC(=O)[C@@H](CC(=O)CCCCCN2C(=O)CC(C)C2=O)C(C)C)cc1)CC5. The number of nitrogens with one attached hydrogen (secondary N) is 2. The molecule has 3 aromatic rings. The van der Waals surface area contributed by atoms with E-state index < -0.39 is 88.2 Å². The Balaban J connectivity index is 0.833. The first-order valence-electron chi connectivity index (χ1n) is 27.9. The van der Waals surface area contributed by atoms with E-state index in [1.165, 1.54) is 11.0 Å². The van der Waals surface area contributed by atoms with E-state index >= 15 is 4.39 Å². The number of halogens is 1. The quantitative estimate of drug-likeness (QED) is 0.0333. The molecule has 0 saturated carbocycles. The molecule has 5 heterocycles. The van der Waals surface area contributed by atoms with Crippen molar-refractivity contribution in [1.82, 2.24) is 30.3 Å². The minimum atomic E-state index is -3.57. The summed E-state index contributed by atoms with van der Waals surface area (Å²) in [5.41, 5.74) is 3.20. The maximum absolute atomic E-state index is 15.5. The average molecular weight is 1160 g/mol. The fourth-order valence-corrected chi connectivity index (χ4v) is 11.8. The number of unbranched alkanes of at least 4 members (excludes halogenated alkanes) is 2. The van der Waals surface area contributed by atoms with Crippen LogP contribution in [0, 0.1) is 30.5 Å². The van der Waals surface area contributed by atoms with Gasteiger partial charge in [0.05, 0.1) is 46.9 Å². The number of hydrogen-bond donors (Lipinski definition) is 3. The number of fused-ring (bicyclic) bond motifs is 4. The second-order valence-corrected chi connectivity index (χ2v) is 24.8. The van der Waals surface area contributed by atoms with E-state index in [9.17, 15) is 56.7 Å². The number of cyclic esters (lactones) is 2. The molecule has 0 spiro atoms. The Morgan fingerprint density at radius 1 is 1.01 bits per heavy atom. The number of nitrogens with zero attached hydrogens (tertiary/aromatic N) is 4. The number of aryl methyl sites for hydroxylation is 1. The number of aliphatic hydroxyl groups is 1. The molecule has 1 saturated heterocycles. The molecule has 0 radical (unpaired) electrons. The van der Waals surface area contributed by atoms with Gasteiger partial charge in [-0.1, -0.05) is 58.4 Å². The molecule has 3 N–H and O–H groups in total. The molecule has 4 aliphatic heterocycles. The lowest BCUT2D eigenvalue weighted by Gasteiger charge is -2.36. The number of rotatable bonds is 25. The van der Waals surface area contributed by atoms with Crippen molar-refractivity contribution in [2.75, 3.05) is 45.0 Å². The van der Waals surface area contributed by atoms with Gasteiger partial charge in [0.2, 0.25) is 23.6 Å². The van der Waals surface area contributed by atoms with Crippen LogP contribution in [0.15, 0.2) is 47.6 Å². The summed E-state index contributed by atoms with van der Waals surface area (Å²) in [6.45, 7) is 9.18. The summed E-state index contributed by atoms with van der Waals surface area (Å²) < 4.78 is 56.1. The van der Waals surface area contributed by atoms with Crippen LogP contribution in [-0.4, -0.2) is 143 Å². The number of hydrogen-bond acceptors (Lipinski definition) is 17. The maximum Gasteiger partial charge on any atom is 0.411 e. The summed E-state index contributed by atoms with van der Waals surface area (Å²) in [5, 5.41) is 17.9. The zero-order chi connectivity index (χ0) is 59.5. The summed E-state index contributed by atoms with van der Waals surface area (Å²) in [4.78, 5) is 126. The Morgan fingerprint density at radius 3 is 2.40 bits per heavy atom. The van der Waals surface area contributed by atoms with Crippen LogP contribution in [0.3, 0.4) is 0 Å². The summed E-state index contributed by atoms with van der Waals surface area (Å²) in [6.07, 6.45) is 4.61. The molecule has 1 aromatic heterocycles. The second kappa shape index (κ2) is 25.1.